The Balaban J connectivity index is 0.000000578. The molecule has 33 heavy (non-hydrogen) atoms. The van der Waals surface area contributed by atoms with Gasteiger partial charge in [-0.3, -0.25) is 0 Å². The molecule has 186 valence electrons. The Labute approximate surface area is 199 Å². The predicted octanol–water partition coefficient (Wildman–Crippen LogP) is 5.05. The molecular formula is C26H41NO6. The SMILES string of the molecule is C=C(Cc1cc2c(cc1O)OCO2)/C(=C\C(=C/C(C)OC)OC)OC.CC.CN1CCCC1. The molecule has 1 atom stereocenters. The zero-order valence-electron chi connectivity index (χ0n) is 21.3. The zero-order chi connectivity index (χ0) is 24.8. The Bertz CT molecular complexity index is 796. The Kier molecular flexibility index (Phi) is 13.1. The lowest BCUT2D eigenvalue weighted by Crippen LogP contribution is -2.10. The second-order valence-electron chi connectivity index (χ2n) is 7.55. The van der Waals surface area contributed by atoms with Crippen LogP contribution in [0.3, 0.4) is 0 Å². The van der Waals surface area contributed by atoms with Crippen molar-refractivity contribution in [2.45, 2.75) is 46.1 Å². The van der Waals surface area contributed by atoms with E-state index in [9.17, 15) is 5.11 Å². The summed E-state index contributed by atoms with van der Waals surface area (Å²) in [4.78, 5) is 2.36. The number of benzene rings is 1. The lowest BCUT2D eigenvalue weighted by molar-refractivity contribution is 0.151. The van der Waals surface area contributed by atoms with Crippen molar-refractivity contribution in [3.63, 3.8) is 0 Å². The molecule has 7 heteroatoms. The number of phenols is 1. The topological polar surface area (TPSA) is 69.6 Å². The maximum Gasteiger partial charge on any atom is 0.231 e. The number of phenolic OH excluding ortho intramolecular Hbond substituents is 1. The average Bonchev–Trinajstić information content (AvgIpc) is 3.49. The number of allylic oxidation sites excluding steroid dienone is 2. The number of aromatic hydroxyl groups is 1. The summed E-state index contributed by atoms with van der Waals surface area (Å²) in [6.07, 6.45) is 6.67. The van der Waals surface area contributed by atoms with Gasteiger partial charge in [0.25, 0.3) is 0 Å². The molecule has 0 aromatic heterocycles. The number of fused-ring (bicyclic) bond motifs is 1. The van der Waals surface area contributed by atoms with Crippen LogP contribution in [0.4, 0.5) is 0 Å². The van der Waals surface area contributed by atoms with Crippen LogP contribution in [-0.2, 0) is 20.6 Å². The number of rotatable bonds is 8. The van der Waals surface area contributed by atoms with Crippen molar-refractivity contribution in [2.75, 3.05) is 48.3 Å². The summed E-state index contributed by atoms with van der Waals surface area (Å²) in [7, 11) is 6.93. The third kappa shape index (κ3) is 9.40. The van der Waals surface area contributed by atoms with E-state index in [1.165, 1.54) is 25.9 Å². The smallest absolute Gasteiger partial charge is 0.231 e. The zero-order valence-corrected chi connectivity index (χ0v) is 21.3. The monoisotopic (exact) mass is 463 g/mol. The van der Waals surface area contributed by atoms with Gasteiger partial charge in [0.2, 0.25) is 6.79 Å². The highest BCUT2D eigenvalue weighted by Gasteiger charge is 2.18. The number of nitrogens with zero attached hydrogens (tertiary/aromatic N) is 1. The average molecular weight is 464 g/mol. The minimum Gasteiger partial charge on any atom is -0.508 e. The number of methoxy groups -OCH3 is 3. The molecule has 2 aliphatic rings. The van der Waals surface area contributed by atoms with E-state index in [0.29, 0.717) is 40.6 Å². The van der Waals surface area contributed by atoms with Gasteiger partial charge in [-0.2, -0.15) is 0 Å². The van der Waals surface area contributed by atoms with Crippen LogP contribution in [0, 0.1) is 0 Å². The van der Waals surface area contributed by atoms with Crippen LogP contribution in [0.1, 0.15) is 39.2 Å². The van der Waals surface area contributed by atoms with E-state index >= 15 is 0 Å². The molecular weight excluding hydrogens is 422 g/mol. The molecule has 1 fully saturated rings. The molecule has 2 heterocycles. The lowest BCUT2D eigenvalue weighted by Gasteiger charge is -2.13. The van der Waals surface area contributed by atoms with Gasteiger partial charge in [-0.05, 0) is 57.6 Å². The van der Waals surface area contributed by atoms with Crippen LogP contribution >= 0.6 is 0 Å². The predicted molar refractivity (Wildman–Crippen MR) is 132 cm³/mol. The van der Waals surface area contributed by atoms with Crippen LogP contribution in [-0.4, -0.2) is 64.4 Å². The molecule has 0 radical (unpaired) electrons. The van der Waals surface area contributed by atoms with Crippen LogP contribution in [0.5, 0.6) is 17.2 Å². The second kappa shape index (κ2) is 15.2. The van der Waals surface area contributed by atoms with E-state index in [1.807, 2.05) is 26.8 Å². The molecule has 1 saturated heterocycles. The highest BCUT2D eigenvalue weighted by molar-refractivity contribution is 5.53. The first-order chi connectivity index (χ1) is 15.9. The normalized spacial score (nSPS) is 16.2. The van der Waals surface area contributed by atoms with Gasteiger partial charge in [0, 0.05) is 31.2 Å². The van der Waals surface area contributed by atoms with Gasteiger partial charge < -0.3 is 33.7 Å². The third-order valence-corrected chi connectivity index (χ3v) is 5.16. The molecule has 7 nitrogen and oxygen atoms in total. The van der Waals surface area contributed by atoms with Crippen molar-refractivity contribution in [2.24, 2.45) is 0 Å². The summed E-state index contributed by atoms with van der Waals surface area (Å²) in [5.41, 5.74) is 1.36. The first-order valence-electron chi connectivity index (χ1n) is 11.4. The van der Waals surface area contributed by atoms with E-state index in [1.54, 1.807) is 39.5 Å². The summed E-state index contributed by atoms with van der Waals surface area (Å²) in [5, 5.41) is 10.2. The van der Waals surface area contributed by atoms with E-state index in [4.69, 9.17) is 23.7 Å². The summed E-state index contributed by atoms with van der Waals surface area (Å²) in [5.74, 6) is 2.41. The molecule has 0 bridgehead atoms. The fourth-order valence-electron chi connectivity index (χ4n) is 3.22. The van der Waals surface area contributed by atoms with Crippen molar-refractivity contribution < 1.29 is 28.8 Å². The minimum absolute atomic E-state index is 0.101. The van der Waals surface area contributed by atoms with Gasteiger partial charge in [0.1, 0.15) is 17.3 Å². The van der Waals surface area contributed by atoms with Crippen molar-refractivity contribution in [3.05, 3.63) is 53.5 Å². The standard InChI is InChI=1S/C19H24O6.C5H11N.C2H6/c1-12(17(23-5)9-15(22-4)7-13(2)21-3)6-14-8-18-19(10-16(14)20)25-11-24-18;1-6-4-2-3-5-6;1-2/h7-10,13,20H,1,6,11H2,2-5H3;2-5H2,1H3;1-2H3/b15-7+,17-9+;;. The first-order valence-corrected chi connectivity index (χ1v) is 11.4. The molecule has 0 aliphatic carbocycles. The molecule has 1 aromatic carbocycles. The number of ether oxygens (including phenoxy) is 5. The highest BCUT2D eigenvalue weighted by Crippen LogP contribution is 2.38. The second-order valence-corrected chi connectivity index (χ2v) is 7.55. The highest BCUT2D eigenvalue weighted by atomic mass is 16.7. The largest absolute Gasteiger partial charge is 0.508 e. The van der Waals surface area contributed by atoms with Crippen molar-refractivity contribution in [1.82, 2.24) is 4.90 Å². The van der Waals surface area contributed by atoms with E-state index in [2.05, 4.69) is 18.5 Å². The molecule has 3 rings (SSSR count). The Hall–Kier alpha value is -2.64. The molecule has 1 unspecified atom stereocenters. The van der Waals surface area contributed by atoms with E-state index in [-0.39, 0.29) is 18.6 Å². The molecule has 0 spiro atoms. The summed E-state index contributed by atoms with van der Waals surface area (Å²) in [6.45, 7) is 12.7. The van der Waals surface area contributed by atoms with Crippen LogP contribution in [0.2, 0.25) is 0 Å². The van der Waals surface area contributed by atoms with Gasteiger partial charge in [-0.15, -0.1) is 0 Å². The van der Waals surface area contributed by atoms with Gasteiger partial charge in [-0.1, -0.05) is 20.4 Å². The molecule has 1 N–H and O–H groups in total. The molecule has 1 aromatic rings. The Morgan fingerprint density at radius 2 is 1.73 bits per heavy atom. The number of likely N-dealkylation sites (tertiary alicyclic amines) is 1. The van der Waals surface area contributed by atoms with Crippen LogP contribution < -0.4 is 9.47 Å². The molecule has 0 saturated carbocycles. The summed E-state index contributed by atoms with van der Waals surface area (Å²) >= 11 is 0. The van der Waals surface area contributed by atoms with Crippen LogP contribution in [0.15, 0.2) is 48.0 Å². The number of hydrogen-bond donors (Lipinski definition) is 1. The van der Waals surface area contributed by atoms with Crippen molar-refractivity contribution in [3.8, 4) is 17.2 Å². The minimum atomic E-state index is -0.101. The Morgan fingerprint density at radius 1 is 1.12 bits per heavy atom. The van der Waals surface area contributed by atoms with Gasteiger partial charge in [0.15, 0.2) is 11.5 Å². The molecule has 0 amide bonds. The third-order valence-electron chi connectivity index (χ3n) is 5.16. The van der Waals surface area contributed by atoms with E-state index in [0.717, 1.165) is 0 Å². The maximum atomic E-state index is 10.2. The van der Waals surface area contributed by atoms with Gasteiger partial charge in [0.05, 0.1) is 20.3 Å². The molecule has 2 aliphatic heterocycles. The fraction of sp³-hybridized carbons (Fsp3) is 0.538. The van der Waals surface area contributed by atoms with Crippen molar-refractivity contribution >= 4 is 0 Å². The van der Waals surface area contributed by atoms with Gasteiger partial charge in [-0.25, -0.2) is 0 Å². The van der Waals surface area contributed by atoms with Crippen molar-refractivity contribution in [1.29, 1.82) is 0 Å². The fourth-order valence-corrected chi connectivity index (χ4v) is 3.22. The maximum absolute atomic E-state index is 10.2. The van der Waals surface area contributed by atoms with E-state index < -0.39 is 0 Å². The van der Waals surface area contributed by atoms with Crippen LogP contribution in [0.25, 0.3) is 0 Å². The number of hydrogen-bond acceptors (Lipinski definition) is 7. The first kappa shape index (κ1) is 28.4. The summed E-state index contributed by atoms with van der Waals surface area (Å²) in [6, 6.07) is 3.29. The summed E-state index contributed by atoms with van der Waals surface area (Å²) < 4.78 is 26.6. The lowest BCUT2D eigenvalue weighted by atomic mass is 10.0. The quantitative estimate of drug-likeness (QED) is 0.427. The Morgan fingerprint density at radius 3 is 2.21 bits per heavy atom. The van der Waals surface area contributed by atoms with Gasteiger partial charge >= 0.3 is 0 Å².